The highest BCUT2D eigenvalue weighted by Crippen LogP contribution is 2.17. The SMILES string of the molecule is CCC(NC1CCCSC1)C(=O)OC. The Kier molecular flexibility index (Phi) is 5.33. The number of methoxy groups -OCH3 is 1. The molecule has 14 heavy (non-hydrogen) atoms. The molecule has 0 amide bonds. The molecular weight excluding hydrogens is 198 g/mol. The van der Waals surface area contributed by atoms with Crippen molar-refractivity contribution in [3.05, 3.63) is 0 Å². The number of carbonyl (C=O) groups is 1. The second-order valence-corrected chi connectivity index (χ2v) is 4.71. The summed E-state index contributed by atoms with van der Waals surface area (Å²) < 4.78 is 4.74. The molecule has 1 aliphatic rings. The highest BCUT2D eigenvalue weighted by atomic mass is 32.2. The summed E-state index contributed by atoms with van der Waals surface area (Å²) in [5, 5.41) is 3.36. The quantitative estimate of drug-likeness (QED) is 0.723. The van der Waals surface area contributed by atoms with E-state index in [0.29, 0.717) is 6.04 Å². The number of carbonyl (C=O) groups excluding carboxylic acids is 1. The van der Waals surface area contributed by atoms with E-state index in [1.165, 1.54) is 25.7 Å². The molecule has 0 aromatic rings. The Morgan fingerprint density at radius 2 is 2.50 bits per heavy atom. The second-order valence-electron chi connectivity index (χ2n) is 3.56. The van der Waals surface area contributed by atoms with Crippen LogP contribution in [0, 0.1) is 0 Å². The summed E-state index contributed by atoms with van der Waals surface area (Å²) >= 11 is 1.96. The number of nitrogens with one attached hydrogen (secondary N) is 1. The molecule has 0 aliphatic carbocycles. The molecule has 0 aromatic heterocycles. The van der Waals surface area contributed by atoms with Crippen molar-refractivity contribution in [2.75, 3.05) is 18.6 Å². The lowest BCUT2D eigenvalue weighted by atomic mass is 10.1. The van der Waals surface area contributed by atoms with Gasteiger partial charge < -0.3 is 10.1 Å². The van der Waals surface area contributed by atoms with E-state index in [-0.39, 0.29) is 12.0 Å². The molecule has 0 saturated carbocycles. The van der Waals surface area contributed by atoms with Gasteiger partial charge in [-0.15, -0.1) is 0 Å². The maximum absolute atomic E-state index is 11.3. The molecule has 0 bridgehead atoms. The average Bonchev–Trinajstić information content (AvgIpc) is 2.26. The van der Waals surface area contributed by atoms with Crippen molar-refractivity contribution in [1.82, 2.24) is 5.32 Å². The molecule has 1 aliphatic heterocycles. The van der Waals surface area contributed by atoms with Crippen molar-refractivity contribution in [1.29, 1.82) is 0 Å². The van der Waals surface area contributed by atoms with Crippen LogP contribution in [0.5, 0.6) is 0 Å². The summed E-state index contributed by atoms with van der Waals surface area (Å²) in [7, 11) is 1.45. The standard InChI is InChI=1S/C10H19NO2S/c1-3-9(10(12)13-2)11-8-5-4-6-14-7-8/h8-9,11H,3-7H2,1-2H3. The summed E-state index contributed by atoms with van der Waals surface area (Å²) in [5.41, 5.74) is 0. The minimum absolute atomic E-state index is 0.122. The summed E-state index contributed by atoms with van der Waals surface area (Å²) in [5.74, 6) is 2.24. The van der Waals surface area contributed by atoms with Crippen LogP contribution in [0.15, 0.2) is 0 Å². The molecule has 1 rings (SSSR count). The fourth-order valence-electron chi connectivity index (χ4n) is 1.65. The van der Waals surface area contributed by atoms with Crippen molar-refractivity contribution >= 4 is 17.7 Å². The highest BCUT2D eigenvalue weighted by Gasteiger charge is 2.22. The van der Waals surface area contributed by atoms with Crippen LogP contribution in [0.3, 0.4) is 0 Å². The van der Waals surface area contributed by atoms with Crippen LogP contribution in [0.2, 0.25) is 0 Å². The topological polar surface area (TPSA) is 38.3 Å². The number of hydrogen-bond acceptors (Lipinski definition) is 4. The van der Waals surface area contributed by atoms with Gasteiger partial charge in [-0.2, -0.15) is 11.8 Å². The second kappa shape index (κ2) is 6.30. The van der Waals surface area contributed by atoms with Crippen LogP contribution in [-0.2, 0) is 9.53 Å². The number of rotatable bonds is 4. The molecule has 1 heterocycles. The van der Waals surface area contributed by atoms with Crippen molar-refractivity contribution in [2.45, 2.75) is 38.3 Å². The van der Waals surface area contributed by atoms with E-state index in [1.807, 2.05) is 18.7 Å². The van der Waals surface area contributed by atoms with Crippen molar-refractivity contribution in [3.8, 4) is 0 Å². The van der Waals surface area contributed by atoms with E-state index < -0.39 is 0 Å². The van der Waals surface area contributed by atoms with Gasteiger partial charge in [-0.1, -0.05) is 6.92 Å². The predicted octanol–water partition coefficient (Wildman–Crippen LogP) is 1.42. The smallest absolute Gasteiger partial charge is 0.322 e. The zero-order valence-corrected chi connectivity index (χ0v) is 9.73. The Balaban J connectivity index is 2.34. The van der Waals surface area contributed by atoms with Gasteiger partial charge in [-0.3, -0.25) is 4.79 Å². The lowest BCUT2D eigenvalue weighted by Gasteiger charge is -2.26. The zero-order chi connectivity index (χ0) is 10.4. The number of thioether (sulfide) groups is 1. The highest BCUT2D eigenvalue weighted by molar-refractivity contribution is 7.99. The first-order chi connectivity index (χ1) is 6.77. The Morgan fingerprint density at radius 1 is 1.71 bits per heavy atom. The summed E-state index contributed by atoms with van der Waals surface area (Å²) in [4.78, 5) is 11.3. The van der Waals surface area contributed by atoms with E-state index in [4.69, 9.17) is 4.74 Å². The van der Waals surface area contributed by atoms with Crippen LogP contribution >= 0.6 is 11.8 Å². The number of ether oxygens (including phenoxy) is 1. The van der Waals surface area contributed by atoms with Crippen molar-refractivity contribution in [3.63, 3.8) is 0 Å². The molecule has 82 valence electrons. The fraction of sp³-hybridized carbons (Fsp3) is 0.900. The van der Waals surface area contributed by atoms with Gasteiger partial charge in [0.1, 0.15) is 6.04 Å². The van der Waals surface area contributed by atoms with E-state index in [1.54, 1.807) is 0 Å². The van der Waals surface area contributed by atoms with Gasteiger partial charge in [-0.25, -0.2) is 0 Å². The molecule has 0 radical (unpaired) electrons. The lowest BCUT2D eigenvalue weighted by Crippen LogP contribution is -2.45. The van der Waals surface area contributed by atoms with Crippen LogP contribution in [0.25, 0.3) is 0 Å². The largest absolute Gasteiger partial charge is 0.468 e. The minimum atomic E-state index is -0.136. The van der Waals surface area contributed by atoms with Crippen LogP contribution in [0.4, 0.5) is 0 Å². The van der Waals surface area contributed by atoms with Crippen LogP contribution in [-0.4, -0.2) is 36.7 Å². The Hall–Kier alpha value is -0.220. The average molecular weight is 217 g/mol. The fourth-order valence-corrected chi connectivity index (χ4v) is 2.74. The Morgan fingerprint density at radius 3 is 3.00 bits per heavy atom. The third kappa shape index (κ3) is 3.50. The van der Waals surface area contributed by atoms with Gasteiger partial charge in [0, 0.05) is 11.8 Å². The summed E-state index contributed by atoms with van der Waals surface area (Å²) in [6.07, 6.45) is 3.23. The number of hydrogen-bond donors (Lipinski definition) is 1. The van der Waals surface area contributed by atoms with Crippen LogP contribution in [0.1, 0.15) is 26.2 Å². The van der Waals surface area contributed by atoms with E-state index in [0.717, 1.165) is 12.2 Å². The third-order valence-electron chi connectivity index (χ3n) is 2.49. The molecule has 4 heteroatoms. The summed E-state index contributed by atoms with van der Waals surface area (Å²) in [6, 6.07) is 0.362. The normalized spacial score (nSPS) is 24.3. The molecule has 2 unspecified atom stereocenters. The molecule has 0 aromatic carbocycles. The summed E-state index contributed by atoms with van der Waals surface area (Å²) in [6.45, 7) is 2.00. The van der Waals surface area contributed by atoms with E-state index in [2.05, 4.69) is 5.32 Å². The molecule has 1 N–H and O–H groups in total. The van der Waals surface area contributed by atoms with Crippen LogP contribution < -0.4 is 5.32 Å². The van der Waals surface area contributed by atoms with Gasteiger partial charge in [0.15, 0.2) is 0 Å². The van der Waals surface area contributed by atoms with E-state index in [9.17, 15) is 4.79 Å². The molecule has 0 spiro atoms. The first-order valence-electron chi connectivity index (χ1n) is 5.19. The Labute approximate surface area is 90.0 Å². The minimum Gasteiger partial charge on any atom is -0.468 e. The molecule has 2 atom stereocenters. The lowest BCUT2D eigenvalue weighted by molar-refractivity contribution is -0.143. The van der Waals surface area contributed by atoms with E-state index >= 15 is 0 Å². The van der Waals surface area contributed by atoms with Gasteiger partial charge in [0.2, 0.25) is 0 Å². The van der Waals surface area contributed by atoms with Gasteiger partial charge >= 0.3 is 5.97 Å². The monoisotopic (exact) mass is 217 g/mol. The maximum Gasteiger partial charge on any atom is 0.322 e. The third-order valence-corrected chi connectivity index (χ3v) is 3.71. The molecular formula is C10H19NO2S. The molecule has 1 saturated heterocycles. The molecule has 3 nitrogen and oxygen atoms in total. The Bertz CT molecular complexity index is 181. The van der Waals surface area contributed by atoms with Crippen molar-refractivity contribution in [2.24, 2.45) is 0 Å². The van der Waals surface area contributed by atoms with Crippen molar-refractivity contribution < 1.29 is 9.53 Å². The van der Waals surface area contributed by atoms with Gasteiger partial charge in [0.05, 0.1) is 7.11 Å². The van der Waals surface area contributed by atoms with Gasteiger partial charge in [0.25, 0.3) is 0 Å². The first kappa shape index (κ1) is 11.9. The zero-order valence-electron chi connectivity index (χ0n) is 8.91. The maximum atomic E-state index is 11.3. The number of esters is 1. The van der Waals surface area contributed by atoms with Gasteiger partial charge in [-0.05, 0) is 25.0 Å². The molecule has 1 fully saturated rings. The first-order valence-corrected chi connectivity index (χ1v) is 6.35. The predicted molar refractivity (Wildman–Crippen MR) is 59.6 cm³/mol.